The van der Waals surface area contributed by atoms with Crippen molar-refractivity contribution in [3.8, 4) is 0 Å². The minimum Gasteiger partial charge on any atom is -0.462 e. The Labute approximate surface area is 314 Å². The van der Waals surface area contributed by atoms with Crippen LogP contribution in [0.3, 0.4) is 0 Å². The predicted molar refractivity (Wildman–Crippen MR) is 212 cm³/mol. The van der Waals surface area contributed by atoms with Crippen LogP contribution < -0.4 is 0 Å². The van der Waals surface area contributed by atoms with Crippen molar-refractivity contribution in [3.05, 3.63) is 12.2 Å². The van der Waals surface area contributed by atoms with E-state index in [2.05, 4.69) is 30.5 Å². The molecule has 0 aliphatic heterocycles. The van der Waals surface area contributed by atoms with Gasteiger partial charge in [-0.05, 0) is 32.1 Å². The number of phosphoric ester groups is 1. The molecule has 0 unspecified atom stereocenters. The Kier molecular flexibility index (Phi) is 37.6. The van der Waals surface area contributed by atoms with Gasteiger partial charge >= 0.3 is 19.8 Å². The normalized spacial score (nSPS) is 12.5. The fourth-order valence-electron chi connectivity index (χ4n) is 6.30. The van der Waals surface area contributed by atoms with E-state index in [-0.39, 0.29) is 19.4 Å². The fraction of sp³-hybridized carbons (Fsp3) is 0.905. The third-order valence-electron chi connectivity index (χ3n) is 9.53. The van der Waals surface area contributed by atoms with Crippen LogP contribution >= 0.6 is 7.82 Å². The zero-order valence-electron chi connectivity index (χ0n) is 33.3. The van der Waals surface area contributed by atoms with Gasteiger partial charge in [0.25, 0.3) is 0 Å². The number of unbranched alkanes of at least 4 members (excludes halogenated alkanes) is 28. The van der Waals surface area contributed by atoms with Crippen LogP contribution in [0.15, 0.2) is 12.2 Å². The number of allylic oxidation sites excluding steroid dienone is 2. The first-order valence-corrected chi connectivity index (χ1v) is 23.0. The molecular formula is C42H81O8P. The smallest absolute Gasteiger partial charge is 0.462 e. The van der Waals surface area contributed by atoms with E-state index in [1.54, 1.807) is 0 Å². The third-order valence-corrected chi connectivity index (χ3v) is 10.0. The molecule has 0 aromatic rings. The standard InChI is InChI=1S/C42H81O8P/c1-3-5-7-9-11-13-15-16-17-18-19-20-21-22-23-24-25-27-29-31-33-35-37-42(44)50-40(39-49-51(45,46)47)38-48-41(43)36-34-32-30-28-26-14-12-10-8-6-4-2/h10,12,40H,3-9,11,13-39H2,1-2H3,(H2,45,46,47)/b12-10+/t40-/m1/s1. The molecule has 0 saturated carbocycles. The summed E-state index contributed by atoms with van der Waals surface area (Å²) in [6, 6.07) is 0. The zero-order chi connectivity index (χ0) is 37.5. The summed E-state index contributed by atoms with van der Waals surface area (Å²) in [7, 11) is -4.75. The van der Waals surface area contributed by atoms with Crippen molar-refractivity contribution in [2.75, 3.05) is 13.2 Å². The van der Waals surface area contributed by atoms with Gasteiger partial charge in [0.05, 0.1) is 6.61 Å². The second kappa shape index (κ2) is 38.5. The Morgan fingerprint density at radius 1 is 0.490 bits per heavy atom. The Bertz CT molecular complexity index is 843. The SMILES string of the molecule is CCCC/C=C/CCCCCCCC(=O)OC[C@H](COP(=O)(O)O)OC(=O)CCCCCCCCCCCCCCCCCCCCCCCC. The van der Waals surface area contributed by atoms with Crippen LogP contribution in [0.4, 0.5) is 0 Å². The average Bonchev–Trinajstić information content (AvgIpc) is 3.10. The van der Waals surface area contributed by atoms with Crippen LogP contribution in [0.2, 0.25) is 0 Å². The largest absolute Gasteiger partial charge is 0.469 e. The first kappa shape index (κ1) is 49.8. The number of carbonyl (C=O) groups is 2. The molecule has 1 atom stereocenters. The highest BCUT2D eigenvalue weighted by molar-refractivity contribution is 7.46. The molecule has 2 N–H and O–H groups in total. The number of hydrogen-bond acceptors (Lipinski definition) is 6. The van der Waals surface area contributed by atoms with Crippen molar-refractivity contribution in [2.45, 2.75) is 232 Å². The van der Waals surface area contributed by atoms with E-state index in [0.29, 0.717) is 12.8 Å². The van der Waals surface area contributed by atoms with Crippen molar-refractivity contribution >= 4 is 19.8 Å². The molecule has 0 heterocycles. The lowest BCUT2D eigenvalue weighted by Gasteiger charge is -2.18. The zero-order valence-corrected chi connectivity index (χ0v) is 34.2. The summed E-state index contributed by atoms with van der Waals surface area (Å²) in [5.41, 5.74) is 0. The Balaban J connectivity index is 3.80. The van der Waals surface area contributed by atoms with E-state index >= 15 is 0 Å². The Morgan fingerprint density at radius 3 is 1.25 bits per heavy atom. The highest BCUT2D eigenvalue weighted by atomic mass is 31.2. The topological polar surface area (TPSA) is 119 Å². The van der Waals surface area contributed by atoms with Gasteiger partial charge in [-0.1, -0.05) is 193 Å². The molecule has 0 amide bonds. The van der Waals surface area contributed by atoms with Crippen molar-refractivity contribution < 1.29 is 37.9 Å². The lowest BCUT2D eigenvalue weighted by atomic mass is 10.0. The summed E-state index contributed by atoms with van der Waals surface area (Å²) in [6.45, 7) is 3.66. The van der Waals surface area contributed by atoms with Gasteiger partial charge < -0.3 is 19.3 Å². The van der Waals surface area contributed by atoms with Crippen molar-refractivity contribution in [3.63, 3.8) is 0 Å². The summed E-state index contributed by atoms with van der Waals surface area (Å²) in [5.74, 6) is -0.885. The van der Waals surface area contributed by atoms with Crippen LogP contribution in [0.5, 0.6) is 0 Å². The minimum absolute atomic E-state index is 0.216. The number of rotatable bonds is 40. The molecule has 0 aliphatic rings. The van der Waals surface area contributed by atoms with Crippen molar-refractivity contribution in [2.24, 2.45) is 0 Å². The van der Waals surface area contributed by atoms with Crippen molar-refractivity contribution in [1.29, 1.82) is 0 Å². The lowest BCUT2D eigenvalue weighted by molar-refractivity contribution is -0.161. The van der Waals surface area contributed by atoms with Crippen LogP contribution in [-0.4, -0.2) is 41.0 Å². The van der Waals surface area contributed by atoms with Gasteiger partial charge in [0.15, 0.2) is 6.10 Å². The summed E-state index contributed by atoms with van der Waals surface area (Å²) >= 11 is 0. The van der Waals surface area contributed by atoms with Crippen LogP contribution in [0.1, 0.15) is 226 Å². The molecular weight excluding hydrogens is 663 g/mol. The van der Waals surface area contributed by atoms with Gasteiger partial charge in [-0.15, -0.1) is 0 Å². The highest BCUT2D eigenvalue weighted by Crippen LogP contribution is 2.36. The number of ether oxygens (including phenoxy) is 2. The Morgan fingerprint density at radius 2 is 0.843 bits per heavy atom. The number of esters is 2. The molecule has 0 spiro atoms. The van der Waals surface area contributed by atoms with Gasteiger partial charge in [0, 0.05) is 12.8 Å². The molecule has 0 aromatic carbocycles. The van der Waals surface area contributed by atoms with Crippen LogP contribution in [0, 0.1) is 0 Å². The molecule has 0 aliphatic carbocycles. The number of phosphoric acid groups is 1. The van der Waals surface area contributed by atoms with E-state index in [1.807, 2.05) is 0 Å². The van der Waals surface area contributed by atoms with E-state index in [1.165, 1.54) is 135 Å². The molecule has 9 heteroatoms. The van der Waals surface area contributed by atoms with E-state index < -0.39 is 32.5 Å². The predicted octanol–water partition coefficient (Wildman–Crippen LogP) is 13.0. The van der Waals surface area contributed by atoms with Gasteiger partial charge in [-0.25, -0.2) is 4.57 Å². The number of carbonyl (C=O) groups excluding carboxylic acids is 2. The third kappa shape index (κ3) is 41.4. The quantitative estimate of drug-likeness (QED) is 0.0275. The van der Waals surface area contributed by atoms with Crippen LogP contribution in [0.25, 0.3) is 0 Å². The summed E-state index contributed by atoms with van der Waals surface area (Å²) in [5, 5.41) is 0. The second-order valence-corrected chi connectivity index (χ2v) is 15.9. The van der Waals surface area contributed by atoms with E-state index in [0.717, 1.165) is 51.4 Å². The number of hydrogen-bond donors (Lipinski definition) is 2. The molecule has 0 fully saturated rings. The first-order valence-electron chi connectivity index (χ1n) is 21.5. The maximum Gasteiger partial charge on any atom is 0.469 e. The van der Waals surface area contributed by atoms with Gasteiger partial charge in [-0.3, -0.25) is 14.1 Å². The Hall–Kier alpha value is -1.21. The fourth-order valence-corrected chi connectivity index (χ4v) is 6.66. The monoisotopic (exact) mass is 745 g/mol. The summed E-state index contributed by atoms with van der Waals surface area (Å²) in [6.07, 6.45) is 42.3. The summed E-state index contributed by atoms with van der Waals surface area (Å²) < 4.78 is 26.4. The van der Waals surface area contributed by atoms with Crippen molar-refractivity contribution in [1.82, 2.24) is 0 Å². The highest BCUT2D eigenvalue weighted by Gasteiger charge is 2.22. The maximum absolute atomic E-state index is 12.4. The summed E-state index contributed by atoms with van der Waals surface area (Å²) in [4.78, 5) is 42.8. The molecule has 302 valence electrons. The molecule has 0 radical (unpaired) electrons. The van der Waals surface area contributed by atoms with E-state index in [9.17, 15) is 14.2 Å². The van der Waals surface area contributed by atoms with Crippen LogP contribution in [-0.2, 0) is 28.2 Å². The molecule has 0 rings (SSSR count). The lowest BCUT2D eigenvalue weighted by Crippen LogP contribution is -2.29. The average molecular weight is 745 g/mol. The van der Waals surface area contributed by atoms with Gasteiger partial charge in [-0.2, -0.15) is 0 Å². The van der Waals surface area contributed by atoms with E-state index in [4.69, 9.17) is 19.3 Å². The molecule has 0 aromatic heterocycles. The molecule has 0 saturated heterocycles. The maximum atomic E-state index is 12.4. The minimum atomic E-state index is -4.75. The van der Waals surface area contributed by atoms with Gasteiger partial charge in [0.1, 0.15) is 6.61 Å². The molecule has 0 bridgehead atoms. The molecule has 8 nitrogen and oxygen atoms in total. The first-order chi connectivity index (χ1) is 24.8. The van der Waals surface area contributed by atoms with Gasteiger partial charge in [0.2, 0.25) is 0 Å². The second-order valence-electron chi connectivity index (χ2n) is 14.7. The molecule has 51 heavy (non-hydrogen) atoms.